The van der Waals surface area contributed by atoms with Gasteiger partial charge < -0.3 is 19.4 Å². The number of benzene rings is 2. The average Bonchev–Trinajstić information content (AvgIpc) is 3.26. The standard InChI is InChI=1S/C22H22ClN3O4/c23-15-7-9-16(10-8-15)30-14-21(27)26(12-17-4-3-11-29-17)13-20-24-19-6-2-1-5-18(19)22(28)25-20/h1-2,5-10,17H,3-4,11-14H2,(H,24,25,28)/t17-/m0/s1. The van der Waals surface area contributed by atoms with Crippen molar-refractivity contribution in [3.05, 3.63) is 69.7 Å². The Morgan fingerprint density at radius 2 is 2.03 bits per heavy atom. The molecular weight excluding hydrogens is 406 g/mol. The van der Waals surface area contributed by atoms with E-state index in [4.69, 9.17) is 21.1 Å². The largest absolute Gasteiger partial charge is 0.484 e. The number of fused-ring (bicyclic) bond motifs is 1. The SMILES string of the molecule is O=C(COc1ccc(Cl)cc1)N(Cc1nc2ccccc2c(=O)[nH]1)C[C@@H]1CCCO1. The molecule has 0 saturated carbocycles. The highest BCUT2D eigenvalue weighted by Gasteiger charge is 2.24. The Labute approximate surface area is 178 Å². The predicted molar refractivity (Wildman–Crippen MR) is 114 cm³/mol. The lowest BCUT2D eigenvalue weighted by Gasteiger charge is -2.25. The summed E-state index contributed by atoms with van der Waals surface area (Å²) in [6.07, 6.45) is 1.83. The predicted octanol–water partition coefficient (Wildman–Crippen LogP) is 3.16. The van der Waals surface area contributed by atoms with Crippen LogP contribution in [0.3, 0.4) is 0 Å². The molecule has 1 N–H and O–H groups in total. The average molecular weight is 428 g/mol. The van der Waals surface area contributed by atoms with E-state index in [9.17, 15) is 9.59 Å². The molecule has 1 aliphatic heterocycles. The smallest absolute Gasteiger partial charge is 0.261 e. The molecule has 1 saturated heterocycles. The molecule has 8 heteroatoms. The number of aromatic nitrogens is 2. The quantitative estimate of drug-likeness (QED) is 0.626. The van der Waals surface area contributed by atoms with E-state index in [0.29, 0.717) is 40.7 Å². The lowest BCUT2D eigenvalue weighted by atomic mass is 10.2. The highest BCUT2D eigenvalue weighted by atomic mass is 35.5. The van der Waals surface area contributed by atoms with Crippen LogP contribution in [0.5, 0.6) is 5.75 Å². The van der Waals surface area contributed by atoms with Crippen LogP contribution in [0.25, 0.3) is 10.9 Å². The second-order valence-corrected chi connectivity index (χ2v) is 7.62. The number of para-hydroxylation sites is 1. The van der Waals surface area contributed by atoms with Crippen molar-refractivity contribution in [1.29, 1.82) is 0 Å². The fourth-order valence-electron chi connectivity index (χ4n) is 3.45. The molecule has 0 bridgehead atoms. The lowest BCUT2D eigenvalue weighted by molar-refractivity contribution is -0.135. The molecule has 0 unspecified atom stereocenters. The van der Waals surface area contributed by atoms with Crippen molar-refractivity contribution in [3.63, 3.8) is 0 Å². The summed E-state index contributed by atoms with van der Waals surface area (Å²) in [5, 5.41) is 1.12. The van der Waals surface area contributed by atoms with Gasteiger partial charge in [0, 0.05) is 18.2 Å². The van der Waals surface area contributed by atoms with E-state index in [-0.39, 0.29) is 30.7 Å². The van der Waals surface area contributed by atoms with Gasteiger partial charge in [-0.2, -0.15) is 0 Å². The molecule has 30 heavy (non-hydrogen) atoms. The summed E-state index contributed by atoms with van der Waals surface area (Å²) >= 11 is 5.88. The second-order valence-electron chi connectivity index (χ2n) is 7.18. The normalized spacial score (nSPS) is 16.0. The van der Waals surface area contributed by atoms with Gasteiger partial charge in [-0.1, -0.05) is 23.7 Å². The van der Waals surface area contributed by atoms with Gasteiger partial charge in [0.2, 0.25) is 0 Å². The van der Waals surface area contributed by atoms with E-state index in [1.165, 1.54) is 0 Å². The maximum Gasteiger partial charge on any atom is 0.261 e. The molecule has 0 aliphatic carbocycles. The first kappa shape index (κ1) is 20.4. The third-order valence-electron chi connectivity index (χ3n) is 4.98. The number of nitrogens with zero attached hydrogens (tertiary/aromatic N) is 2. The zero-order valence-corrected chi connectivity index (χ0v) is 17.1. The van der Waals surface area contributed by atoms with Gasteiger partial charge >= 0.3 is 0 Å². The van der Waals surface area contributed by atoms with Crippen LogP contribution in [0.1, 0.15) is 18.7 Å². The van der Waals surface area contributed by atoms with E-state index in [1.54, 1.807) is 47.4 Å². The first-order chi connectivity index (χ1) is 14.6. The minimum Gasteiger partial charge on any atom is -0.484 e. The molecule has 0 radical (unpaired) electrons. The van der Waals surface area contributed by atoms with E-state index < -0.39 is 0 Å². The molecule has 1 atom stereocenters. The van der Waals surface area contributed by atoms with Crippen molar-refractivity contribution in [2.24, 2.45) is 0 Å². The molecule has 4 rings (SSSR count). The Kier molecular flexibility index (Phi) is 6.30. The third kappa shape index (κ3) is 4.98. The van der Waals surface area contributed by atoms with Crippen molar-refractivity contribution in [3.8, 4) is 5.75 Å². The summed E-state index contributed by atoms with van der Waals surface area (Å²) in [7, 11) is 0. The monoisotopic (exact) mass is 427 g/mol. The van der Waals surface area contributed by atoms with Crippen molar-refractivity contribution in [2.45, 2.75) is 25.5 Å². The molecule has 1 aromatic heterocycles. The molecular formula is C22H22ClN3O4. The number of carbonyl (C=O) groups excluding carboxylic acids is 1. The lowest BCUT2D eigenvalue weighted by Crippen LogP contribution is -2.40. The molecule has 2 aromatic carbocycles. The van der Waals surface area contributed by atoms with Crippen molar-refractivity contribution >= 4 is 28.4 Å². The van der Waals surface area contributed by atoms with Gasteiger partial charge in [-0.05, 0) is 49.2 Å². The first-order valence-electron chi connectivity index (χ1n) is 9.84. The zero-order chi connectivity index (χ0) is 20.9. The van der Waals surface area contributed by atoms with E-state index >= 15 is 0 Å². The summed E-state index contributed by atoms with van der Waals surface area (Å²) in [6, 6.07) is 14.0. The molecule has 1 aliphatic rings. The maximum atomic E-state index is 12.9. The Bertz CT molecular complexity index is 1080. The van der Waals surface area contributed by atoms with Gasteiger partial charge in [-0.3, -0.25) is 9.59 Å². The van der Waals surface area contributed by atoms with Crippen LogP contribution in [0.2, 0.25) is 5.02 Å². The fraction of sp³-hybridized carbons (Fsp3) is 0.318. The molecule has 2 heterocycles. The van der Waals surface area contributed by atoms with Crippen LogP contribution in [-0.2, 0) is 16.1 Å². The van der Waals surface area contributed by atoms with Crippen LogP contribution in [0, 0.1) is 0 Å². The van der Waals surface area contributed by atoms with Crippen molar-refractivity contribution in [2.75, 3.05) is 19.8 Å². The number of hydrogen-bond acceptors (Lipinski definition) is 5. The van der Waals surface area contributed by atoms with E-state index in [2.05, 4.69) is 9.97 Å². The van der Waals surface area contributed by atoms with Crippen molar-refractivity contribution in [1.82, 2.24) is 14.9 Å². The summed E-state index contributed by atoms with van der Waals surface area (Å²) < 4.78 is 11.3. The number of carbonyl (C=O) groups is 1. The van der Waals surface area contributed by atoms with Crippen molar-refractivity contribution < 1.29 is 14.3 Å². The van der Waals surface area contributed by atoms with E-state index in [0.717, 1.165) is 12.8 Å². The summed E-state index contributed by atoms with van der Waals surface area (Å²) in [4.78, 5) is 34.2. The molecule has 0 spiro atoms. The molecule has 156 valence electrons. The number of aromatic amines is 1. The first-order valence-corrected chi connectivity index (χ1v) is 10.2. The van der Waals surface area contributed by atoms with Gasteiger partial charge in [0.15, 0.2) is 6.61 Å². The summed E-state index contributed by atoms with van der Waals surface area (Å²) in [5.41, 5.74) is 0.371. The number of H-pyrrole nitrogens is 1. The van der Waals surface area contributed by atoms with Crippen LogP contribution >= 0.6 is 11.6 Å². The number of nitrogens with one attached hydrogen (secondary N) is 1. The number of ether oxygens (including phenoxy) is 2. The molecule has 3 aromatic rings. The number of rotatable bonds is 7. The number of halogens is 1. The fourth-order valence-corrected chi connectivity index (χ4v) is 3.57. The third-order valence-corrected chi connectivity index (χ3v) is 5.23. The Balaban J connectivity index is 1.50. The second kappa shape index (κ2) is 9.28. The highest BCUT2D eigenvalue weighted by molar-refractivity contribution is 6.30. The van der Waals surface area contributed by atoms with Gasteiger partial charge in [0.05, 0.1) is 23.6 Å². The van der Waals surface area contributed by atoms with Gasteiger partial charge in [0.1, 0.15) is 11.6 Å². The Morgan fingerprint density at radius 3 is 2.80 bits per heavy atom. The summed E-state index contributed by atoms with van der Waals surface area (Å²) in [5.74, 6) is 0.773. The van der Waals surface area contributed by atoms with Gasteiger partial charge in [-0.15, -0.1) is 0 Å². The van der Waals surface area contributed by atoms with E-state index in [1.807, 2.05) is 6.07 Å². The minimum atomic E-state index is -0.225. The zero-order valence-electron chi connectivity index (χ0n) is 16.3. The molecule has 1 amide bonds. The van der Waals surface area contributed by atoms with Crippen LogP contribution in [0.4, 0.5) is 0 Å². The van der Waals surface area contributed by atoms with Gasteiger partial charge in [0.25, 0.3) is 11.5 Å². The van der Waals surface area contributed by atoms with Crippen LogP contribution in [0.15, 0.2) is 53.3 Å². The minimum absolute atomic E-state index is 0.0309. The topological polar surface area (TPSA) is 84.5 Å². The molecule has 1 fully saturated rings. The van der Waals surface area contributed by atoms with Crippen LogP contribution in [-0.4, -0.2) is 46.6 Å². The Morgan fingerprint density at radius 1 is 1.23 bits per heavy atom. The highest BCUT2D eigenvalue weighted by Crippen LogP contribution is 2.17. The van der Waals surface area contributed by atoms with Crippen LogP contribution < -0.4 is 10.3 Å². The number of amides is 1. The Hall–Kier alpha value is -2.90. The maximum absolute atomic E-state index is 12.9. The summed E-state index contributed by atoms with van der Waals surface area (Å²) in [6.45, 7) is 1.15. The molecule has 7 nitrogen and oxygen atoms in total. The number of hydrogen-bond donors (Lipinski definition) is 1. The van der Waals surface area contributed by atoms with Gasteiger partial charge in [-0.25, -0.2) is 4.98 Å².